The summed E-state index contributed by atoms with van der Waals surface area (Å²) >= 11 is 1.65. The number of amides is 1. The molecule has 1 amide bonds. The second-order valence-electron chi connectivity index (χ2n) is 7.16. The standard InChI is InChI=1S/C19H26N6OS/c20-6-1-3-14-4-2-8-25(11-14)19(26)16-12-24(9-10-27-16)18-15-5-7-21-17(15)22-13-23-18/h5,7,12-14H,1-4,6,8-11,20H2,(H,21,22,23). The minimum absolute atomic E-state index is 0.154. The van der Waals surface area contributed by atoms with Crippen molar-refractivity contribution in [3.63, 3.8) is 0 Å². The molecule has 0 spiro atoms. The van der Waals surface area contributed by atoms with E-state index in [1.165, 1.54) is 6.42 Å². The van der Waals surface area contributed by atoms with Crippen LogP contribution in [0.2, 0.25) is 0 Å². The van der Waals surface area contributed by atoms with Crippen LogP contribution in [0.15, 0.2) is 29.7 Å². The van der Waals surface area contributed by atoms with Gasteiger partial charge in [-0.1, -0.05) is 0 Å². The van der Waals surface area contributed by atoms with E-state index in [0.29, 0.717) is 5.92 Å². The molecule has 1 atom stereocenters. The molecule has 0 radical (unpaired) electrons. The van der Waals surface area contributed by atoms with Gasteiger partial charge in [-0.25, -0.2) is 9.97 Å². The van der Waals surface area contributed by atoms with E-state index in [4.69, 9.17) is 5.73 Å². The van der Waals surface area contributed by atoms with Gasteiger partial charge in [0.05, 0.1) is 10.3 Å². The number of aromatic amines is 1. The van der Waals surface area contributed by atoms with E-state index in [1.807, 2.05) is 23.4 Å². The summed E-state index contributed by atoms with van der Waals surface area (Å²) in [6, 6.07) is 1.98. The van der Waals surface area contributed by atoms with Crippen LogP contribution in [0.5, 0.6) is 0 Å². The summed E-state index contributed by atoms with van der Waals surface area (Å²) < 4.78 is 0. The monoisotopic (exact) mass is 386 g/mol. The number of fused-ring (bicyclic) bond motifs is 1. The molecule has 1 fully saturated rings. The largest absolute Gasteiger partial charge is 0.346 e. The van der Waals surface area contributed by atoms with E-state index < -0.39 is 0 Å². The molecule has 4 rings (SSSR count). The highest BCUT2D eigenvalue weighted by atomic mass is 32.2. The van der Waals surface area contributed by atoms with Crippen LogP contribution in [0.3, 0.4) is 0 Å². The van der Waals surface area contributed by atoms with E-state index in [9.17, 15) is 4.79 Å². The molecule has 4 heterocycles. The van der Waals surface area contributed by atoms with E-state index in [2.05, 4.69) is 19.9 Å². The molecule has 1 saturated heterocycles. The number of anilines is 1. The second-order valence-corrected chi connectivity index (χ2v) is 8.30. The predicted octanol–water partition coefficient (Wildman–Crippen LogP) is 2.33. The summed E-state index contributed by atoms with van der Waals surface area (Å²) in [5.74, 6) is 2.46. The molecule has 3 N–H and O–H groups in total. The number of rotatable bonds is 5. The summed E-state index contributed by atoms with van der Waals surface area (Å²) in [6.45, 7) is 3.27. The maximum absolute atomic E-state index is 13.1. The number of H-pyrrole nitrogens is 1. The lowest BCUT2D eigenvalue weighted by atomic mass is 9.93. The lowest BCUT2D eigenvalue weighted by Gasteiger charge is -2.34. The number of nitrogens with two attached hydrogens (primary N) is 1. The average Bonchev–Trinajstić information content (AvgIpc) is 3.21. The summed E-state index contributed by atoms with van der Waals surface area (Å²) in [4.78, 5) is 29.9. The molecular formula is C19H26N6OS. The third kappa shape index (κ3) is 3.96. The molecule has 27 heavy (non-hydrogen) atoms. The van der Waals surface area contributed by atoms with Gasteiger partial charge in [0, 0.05) is 37.8 Å². The predicted molar refractivity (Wildman–Crippen MR) is 109 cm³/mol. The third-order valence-corrected chi connectivity index (χ3v) is 6.28. The molecule has 0 aliphatic carbocycles. The molecule has 2 aliphatic heterocycles. The van der Waals surface area contributed by atoms with Crippen LogP contribution in [0.25, 0.3) is 11.0 Å². The van der Waals surface area contributed by atoms with Crippen molar-refractivity contribution < 1.29 is 4.79 Å². The van der Waals surface area contributed by atoms with Crippen molar-refractivity contribution in [2.75, 3.05) is 36.8 Å². The molecule has 7 nitrogen and oxygen atoms in total. The molecule has 2 aliphatic rings. The quantitative estimate of drug-likeness (QED) is 0.820. The highest BCUT2D eigenvalue weighted by Crippen LogP contribution is 2.31. The van der Waals surface area contributed by atoms with Gasteiger partial charge >= 0.3 is 0 Å². The number of nitrogens with zero attached hydrogens (tertiary/aromatic N) is 4. The number of piperidine rings is 1. The third-order valence-electron chi connectivity index (χ3n) is 5.30. The first-order chi connectivity index (χ1) is 13.3. The highest BCUT2D eigenvalue weighted by Gasteiger charge is 2.28. The van der Waals surface area contributed by atoms with Crippen LogP contribution in [0, 0.1) is 5.92 Å². The van der Waals surface area contributed by atoms with Gasteiger partial charge in [-0.05, 0) is 44.2 Å². The summed E-state index contributed by atoms with van der Waals surface area (Å²) in [5, 5.41) is 0.979. The first-order valence-corrected chi connectivity index (χ1v) is 10.6. The van der Waals surface area contributed by atoms with Crippen molar-refractivity contribution in [2.24, 2.45) is 11.7 Å². The number of likely N-dealkylation sites (tertiary alicyclic amines) is 1. The fourth-order valence-electron chi connectivity index (χ4n) is 3.92. The molecule has 0 aromatic carbocycles. The van der Waals surface area contributed by atoms with Gasteiger partial charge in [-0.2, -0.15) is 0 Å². The smallest absolute Gasteiger partial charge is 0.261 e. The van der Waals surface area contributed by atoms with Crippen molar-refractivity contribution in [1.82, 2.24) is 19.9 Å². The SMILES string of the molecule is NCCCC1CCCN(C(=O)C2=CN(c3ncnc4[nH]ccc34)CCS2)C1. The maximum atomic E-state index is 13.1. The number of hydrogen-bond donors (Lipinski definition) is 2. The van der Waals surface area contributed by atoms with Crippen LogP contribution >= 0.6 is 11.8 Å². The zero-order valence-corrected chi connectivity index (χ0v) is 16.2. The Balaban J connectivity index is 1.51. The van der Waals surface area contributed by atoms with Gasteiger partial charge in [0.2, 0.25) is 0 Å². The van der Waals surface area contributed by atoms with Crippen LogP contribution in [-0.4, -0.2) is 57.7 Å². The Morgan fingerprint density at radius 2 is 2.30 bits per heavy atom. The Hall–Kier alpha value is -2.06. The lowest BCUT2D eigenvalue weighted by Crippen LogP contribution is -2.41. The summed E-state index contributed by atoms with van der Waals surface area (Å²) in [5.41, 5.74) is 6.47. The zero-order valence-electron chi connectivity index (χ0n) is 15.4. The van der Waals surface area contributed by atoms with Crippen LogP contribution < -0.4 is 10.6 Å². The summed E-state index contributed by atoms with van der Waals surface area (Å²) in [6.07, 6.45) is 9.84. The van der Waals surface area contributed by atoms with Crippen molar-refractivity contribution in [1.29, 1.82) is 0 Å². The van der Waals surface area contributed by atoms with Crippen LogP contribution in [0.1, 0.15) is 25.7 Å². The van der Waals surface area contributed by atoms with Crippen molar-refractivity contribution >= 4 is 34.5 Å². The Kier molecular flexibility index (Phi) is 5.63. The number of carbonyl (C=O) groups is 1. The number of carbonyl (C=O) groups excluding carboxylic acids is 1. The van der Waals surface area contributed by atoms with Gasteiger partial charge in [0.25, 0.3) is 5.91 Å². The topological polar surface area (TPSA) is 91.1 Å². The van der Waals surface area contributed by atoms with Gasteiger partial charge in [-0.15, -0.1) is 11.8 Å². The van der Waals surface area contributed by atoms with E-state index >= 15 is 0 Å². The molecule has 0 bridgehead atoms. The number of hydrogen-bond acceptors (Lipinski definition) is 6. The Labute approximate surface area is 163 Å². The number of thioether (sulfide) groups is 1. The van der Waals surface area contributed by atoms with Gasteiger partial charge in [-0.3, -0.25) is 4.79 Å². The lowest BCUT2D eigenvalue weighted by molar-refractivity contribution is -0.128. The minimum atomic E-state index is 0.154. The second kappa shape index (κ2) is 8.31. The molecule has 1 unspecified atom stereocenters. The average molecular weight is 387 g/mol. The van der Waals surface area contributed by atoms with Crippen molar-refractivity contribution in [3.8, 4) is 0 Å². The van der Waals surface area contributed by atoms with Crippen LogP contribution in [0.4, 0.5) is 5.82 Å². The van der Waals surface area contributed by atoms with Gasteiger partial charge < -0.3 is 20.5 Å². The first kappa shape index (κ1) is 18.3. The number of aromatic nitrogens is 3. The van der Waals surface area contributed by atoms with Crippen LogP contribution in [-0.2, 0) is 4.79 Å². The molecule has 144 valence electrons. The van der Waals surface area contributed by atoms with E-state index in [-0.39, 0.29) is 5.91 Å². The van der Waals surface area contributed by atoms with E-state index in [0.717, 1.165) is 73.0 Å². The first-order valence-electron chi connectivity index (χ1n) is 9.65. The van der Waals surface area contributed by atoms with Crippen molar-refractivity contribution in [3.05, 3.63) is 29.7 Å². The Morgan fingerprint density at radius 3 is 3.19 bits per heavy atom. The zero-order chi connectivity index (χ0) is 18.6. The Morgan fingerprint density at radius 1 is 1.37 bits per heavy atom. The Bertz CT molecular complexity index is 834. The normalized spacial score (nSPS) is 20.8. The maximum Gasteiger partial charge on any atom is 0.261 e. The molecule has 2 aromatic rings. The van der Waals surface area contributed by atoms with Gasteiger partial charge in [0.15, 0.2) is 0 Å². The fraction of sp³-hybridized carbons (Fsp3) is 0.526. The van der Waals surface area contributed by atoms with Crippen molar-refractivity contribution in [2.45, 2.75) is 25.7 Å². The summed E-state index contributed by atoms with van der Waals surface area (Å²) in [7, 11) is 0. The molecule has 8 heteroatoms. The van der Waals surface area contributed by atoms with E-state index in [1.54, 1.807) is 18.1 Å². The van der Waals surface area contributed by atoms with Gasteiger partial charge in [0.1, 0.15) is 17.8 Å². The number of nitrogens with one attached hydrogen (secondary N) is 1. The molecular weight excluding hydrogens is 360 g/mol. The fourth-order valence-corrected chi connectivity index (χ4v) is 4.88. The molecule has 2 aromatic heterocycles. The minimum Gasteiger partial charge on any atom is -0.346 e. The molecule has 0 saturated carbocycles. The highest BCUT2D eigenvalue weighted by molar-refractivity contribution is 8.04.